The van der Waals surface area contributed by atoms with Gasteiger partial charge in [0, 0.05) is 18.3 Å². The van der Waals surface area contributed by atoms with E-state index in [1.807, 2.05) is 0 Å². The van der Waals surface area contributed by atoms with Crippen LogP contribution >= 0.6 is 0 Å². The van der Waals surface area contributed by atoms with E-state index in [0.717, 1.165) is 31.5 Å². The van der Waals surface area contributed by atoms with Gasteiger partial charge >= 0.3 is 6.18 Å². The zero-order valence-corrected chi connectivity index (χ0v) is 13.8. The molecule has 1 aliphatic heterocycles. The zero-order valence-electron chi connectivity index (χ0n) is 13.8. The molecule has 0 aliphatic carbocycles. The normalized spacial score (nSPS) is 17.1. The minimum absolute atomic E-state index is 0.0311. The molecule has 8 heteroatoms. The summed E-state index contributed by atoms with van der Waals surface area (Å²) >= 11 is 0. The van der Waals surface area contributed by atoms with Gasteiger partial charge in [0.05, 0.1) is 11.6 Å². The number of aromatic nitrogens is 1. The van der Waals surface area contributed by atoms with E-state index in [0.29, 0.717) is 5.56 Å². The number of carbonyl (C=O) groups is 1. The number of pyridine rings is 1. The number of alkyl halides is 3. The topological polar surface area (TPSA) is 63.2 Å². The average molecular weight is 365 g/mol. The number of benzene rings is 1. The molecule has 0 radical (unpaired) electrons. The highest BCUT2D eigenvalue weighted by Crippen LogP contribution is 2.32. The lowest BCUT2D eigenvalue weighted by Gasteiger charge is -2.14. The van der Waals surface area contributed by atoms with Crippen molar-refractivity contribution >= 4 is 5.91 Å². The number of nitrogens with zero attached hydrogens (tertiary/aromatic N) is 1. The number of rotatable bonds is 5. The molecule has 0 spiro atoms. The number of ether oxygens (including phenoxy) is 1. The monoisotopic (exact) mass is 365 g/mol. The Morgan fingerprint density at radius 1 is 1.31 bits per heavy atom. The molecule has 0 bridgehead atoms. The van der Waals surface area contributed by atoms with Crippen LogP contribution in [-0.2, 0) is 17.5 Å². The van der Waals surface area contributed by atoms with Crippen LogP contribution in [-0.4, -0.2) is 23.5 Å². The molecule has 138 valence electrons. The maximum Gasteiger partial charge on any atom is 0.416 e. The third-order valence-electron chi connectivity index (χ3n) is 4.06. The highest BCUT2D eigenvalue weighted by Gasteiger charge is 2.30. The van der Waals surface area contributed by atoms with E-state index in [-0.39, 0.29) is 30.1 Å². The van der Waals surface area contributed by atoms with Crippen LogP contribution < -0.4 is 15.4 Å². The Morgan fingerprint density at radius 3 is 2.88 bits per heavy atom. The first-order valence-corrected chi connectivity index (χ1v) is 8.23. The second-order valence-electron chi connectivity index (χ2n) is 5.96. The molecule has 1 amide bonds. The predicted molar refractivity (Wildman–Crippen MR) is 88.6 cm³/mol. The SMILES string of the molecule is O=C(NCc1cccnc1Oc1cccc(C(F)(F)F)c1)[C@H]1CCCN1. The van der Waals surface area contributed by atoms with Gasteiger partial charge in [-0.25, -0.2) is 4.98 Å². The van der Waals surface area contributed by atoms with Crippen LogP contribution in [0, 0.1) is 0 Å². The lowest BCUT2D eigenvalue weighted by Crippen LogP contribution is -2.40. The van der Waals surface area contributed by atoms with Crippen LogP contribution in [0.1, 0.15) is 24.0 Å². The van der Waals surface area contributed by atoms with E-state index < -0.39 is 11.7 Å². The Balaban J connectivity index is 1.70. The van der Waals surface area contributed by atoms with Gasteiger partial charge in [0.15, 0.2) is 0 Å². The van der Waals surface area contributed by atoms with E-state index in [1.165, 1.54) is 18.3 Å². The summed E-state index contributed by atoms with van der Waals surface area (Å²) in [6, 6.07) is 7.76. The van der Waals surface area contributed by atoms with Crippen molar-refractivity contribution in [1.82, 2.24) is 15.6 Å². The van der Waals surface area contributed by atoms with Crippen molar-refractivity contribution in [1.29, 1.82) is 0 Å². The van der Waals surface area contributed by atoms with Gasteiger partial charge in [0.2, 0.25) is 11.8 Å². The molecule has 26 heavy (non-hydrogen) atoms. The largest absolute Gasteiger partial charge is 0.439 e. The number of hydrogen-bond acceptors (Lipinski definition) is 4. The molecule has 1 atom stereocenters. The lowest BCUT2D eigenvalue weighted by molar-refractivity contribution is -0.137. The van der Waals surface area contributed by atoms with Crippen LogP contribution in [0.2, 0.25) is 0 Å². The van der Waals surface area contributed by atoms with E-state index >= 15 is 0 Å². The third kappa shape index (κ3) is 4.51. The number of nitrogens with one attached hydrogen (secondary N) is 2. The summed E-state index contributed by atoms with van der Waals surface area (Å²) in [6.07, 6.45) is -1.23. The first kappa shape index (κ1) is 18.2. The fraction of sp³-hybridized carbons (Fsp3) is 0.333. The molecule has 1 fully saturated rings. The third-order valence-corrected chi connectivity index (χ3v) is 4.06. The smallest absolute Gasteiger partial charge is 0.416 e. The minimum Gasteiger partial charge on any atom is -0.439 e. The first-order valence-electron chi connectivity index (χ1n) is 8.23. The van der Waals surface area contributed by atoms with Gasteiger partial charge in [-0.05, 0) is 43.7 Å². The van der Waals surface area contributed by atoms with E-state index in [9.17, 15) is 18.0 Å². The van der Waals surface area contributed by atoms with Crippen molar-refractivity contribution in [3.8, 4) is 11.6 Å². The molecule has 5 nitrogen and oxygen atoms in total. The van der Waals surface area contributed by atoms with Crippen molar-refractivity contribution < 1.29 is 22.7 Å². The molecule has 3 rings (SSSR count). The molecular weight excluding hydrogens is 347 g/mol. The van der Waals surface area contributed by atoms with Gasteiger partial charge in [-0.2, -0.15) is 13.2 Å². The second-order valence-corrected chi connectivity index (χ2v) is 5.96. The van der Waals surface area contributed by atoms with E-state index in [2.05, 4.69) is 15.6 Å². The van der Waals surface area contributed by atoms with Crippen LogP contribution in [0.15, 0.2) is 42.6 Å². The minimum atomic E-state index is -4.45. The highest BCUT2D eigenvalue weighted by atomic mass is 19.4. The number of amides is 1. The van der Waals surface area contributed by atoms with Gasteiger partial charge in [0.1, 0.15) is 5.75 Å². The summed E-state index contributed by atoms with van der Waals surface area (Å²) in [5.74, 6) is 0.0754. The Labute approximate surface area is 148 Å². The molecule has 1 saturated heterocycles. The lowest BCUT2D eigenvalue weighted by atomic mass is 10.2. The number of hydrogen-bond donors (Lipinski definition) is 2. The fourth-order valence-electron chi connectivity index (χ4n) is 2.71. The van der Waals surface area contributed by atoms with Gasteiger partial charge in [-0.15, -0.1) is 0 Å². The van der Waals surface area contributed by atoms with Crippen molar-refractivity contribution in [2.75, 3.05) is 6.54 Å². The van der Waals surface area contributed by atoms with E-state index in [4.69, 9.17) is 4.74 Å². The predicted octanol–water partition coefficient (Wildman–Crippen LogP) is 3.26. The molecule has 2 heterocycles. The van der Waals surface area contributed by atoms with Crippen LogP contribution in [0.3, 0.4) is 0 Å². The van der Waals surface area contributed by atoms with Crippen LogP contribution in [0.4, 0.5) is 13.2 Å². The second kappa shape index (κ2) is 7.74. The van der Waals surface area contributed by atoms with Gasteiger partial charge < -0.3 is 15.4 Å². The molecule has 1 aliphatic rings. The summed E-state index contributed by atoms with van der Waals surface area (Å²) in [6.45, 7) is 0.994. The van der Waals surface area contributed by atoms with Gasteiger partial charge in [-0.1, -0.05) is 12.1 Å². The van der Waals surface area contributed by atoms with Gasteiger partial charge in [0.25, 0.3) is 0 Å². The average Bonchev–Trinajstić information content (AvgIpc) is 3.15. The van der Waals surface area contributed by atoms with Crippen molar-refractivity contribution in [3.63, 3.8) is 0 Å². The van der Waals surface area contributed by atoms with Gasteiger partial charge in [-0.3, -0.25) is 4.79 Å². The molecule has 2 N–H and O–H groups in total. The van der Waals surface area contributed by atoms with Crippen LogP contribution in [0.25, 0.3) is 0 Å². The standard InChI is InChI=1S/C18H18F3N3O2/c19-18(20,21)13-5-1-6-14(10-13)26-17-12(4-2-9-23-17)11-24-16(25)15-7-3-8-22-15/h1-2,4-6,9-10,15,22H,3,7-8,11H2,(H,24,25)/t15-/m1/s1. The molecule has 1 aromatic carbocycles. The van der Waals surface area contributed by atoms with Crippen molar-refractivity contribution in [2.24, 2.45) is 0 Å². The summed E-state index contributed by atoms with van der Waals surface area (Å²) in [4.78, 5) is 16.2. The van der Waals surface area contributed by atoms with Crippen molar-refractivity contribution in [2.45, 2.75) is 31.6 Å². The Bertz CT molecular complexity index is 774. The molecule has 0 unspecified atom stereocenters. The molecule has 1 aromatic heterocycles. The first-order chi connectivity index (χ1) is 12.4. The molecular formula is C18H18F3N3O2. The highest BCUT2D eigenvalue weighted by molar-refractivity contribution is 5.82. The summed E-state index contributed by atoms with van der Waals surface area (Å²) in [5.41, 5.74) is -0.218. The molecule has 2 aromatic rings. The molecule has 0 saturated carbocycles. The Morgan fingerprint density at radius 2 is 2.15 bits per heavy atom. The van der Waals surface area contributed by atoms with E-state index in [1.54, 1.807) is 12.1 Å². The zero-order chi connectivity index (χ0) is 18.6. The maximum atomic E-state index is 12.8. The quantitative estimate of drug-likeness (QED) is 0.854. The number of carbonyl (C=O) groups excluding carboxylic acids is 1. The van der Waals surface area contributed by atoms with Crippen LogP contribution in [0.5, 0.6) is 11.6 Å². The maximum absolute atomic E-state index is 12.8. The Kier molecular flexibility index (Phi) is 5.41. The summed E-state index contributed by atoms with van der Waals surface area (Å²) in [5, 5.41) is 5.90. The summed E-state index contributed by atoms with van der Waals surface area (Å²) < 4.78 is 44.0. The fourth-order valence-corrected chi connectivity index (χ4v) is 2.71. The Hall–Kier alpha value is -2.61. The number of halogens is 3. The van der Waals surface area contributed by atoms with Crippen molar-refractivity contribution in [3.05, 3.63) is 53.7 Å². The summed E-state index contributed by atoms with van der Waals surface area (Å²) in [7, 11) is 0.